The van der Waals surface area contributed by atoms with E-state index in [4.69, 9.17) is 5.11 Å². The Hall–Kier alpha value is -2.62. The highest BCUT2D eigenvalue weighted by atomic mass is 16.4. The Kier molecular flexibility index (Phi) is 2.56. The van der Waals surface area contributed by atoms with Crippen LogP contribution in [0.25, 0.3) is 16.7 Å². The lowest BCUT2D eigenvalue weighted by atomic mass is 10.1. The van der Waals surface area contributed by atoms with Gasteiger partial charge in [0, 0.05) is 17.8 Å². The van der Waals surface area contributed by atoms with Crippen molar-refractivity contribution in [2.24, 2.45) is 0 Å². The average molecular weight is 252 g/mol. The first-order valence-electron chi connectivity index (χ1n) is 5.92. The van der Waals surface area contributed by atoms with Crippen molar-refractivity contribution in [3.05, 3.63) is 59.9 Å². The van der Waals surface area contributed by atoms with E-state index in [0.29, 0.717) is 5.56 Å². The van der Waals surface area contributed by atoms with Gasteiger partial charge in [-0.05, 0) is 42.8 Å². The molecule has 3 aromatic rings. The van der Waals surface area contributed by atoms with Gasteiger partial charge in [-0.2, -0.15) is 0 Å². The number of pyridine rings is 1. The van der Waals surface area contributed by atoms with Gasteiger partial charge in [0.25, 0.3) is 0 Å². The number of hydrogen-bond donors (Lipinski definition) is 1. The number of aromatic carboxylic acids is 1. The molecule has 0 aliphatic rings. The summed E-state index contributed by atoms with van der Waals surface area (Å²) in [6, 6.07) is 10.9. The molecule has 0 spiro atoms. The second kappa shape index (κ2) is 4.24. The molecular formula is C15H12N2O2. The summed E-state index contributed by atoms with van der Waals surface area (Å²) in [6.07, 6.45) is 3.71. The van der Waals surface area contributed by atoms with Crippen LogP contribution in [0.4, 0.5) is 0 Å². The second-order valence-corrected chi connectivity index (χ2v) is 4.46. The highest BCUT2D eigenvalue weighted by Crippen LogP contribution is 2.21. The molecule has 3 rings (SSSR count). The molecule has 4 nitrogen and oxygen atoms in total. The third kappa shape index (κ3) is 1.97. The van der Waals surface area contributed by atoms with E-state index < -0.39 is 5.97 Å². The quantitative estimate of drug-likeness (QED) is 0.762. The van der Waals surface area contributed by atoms with Crippen LogP contribution in [-0.4, -0.2) is 20.6 Å². The molecule has 4 heteroatoms. The molecule has 0 bridgehead atoms. The molecule has 0 aliphatic carbocycles. The van der Waals surface area contributed by atoms with Crippen LogP contribution in [0.1, 0.15) is 15.9 Å². The molecule has 0 amide bonds. The standard InChI is InChI=1S/C15H12N2O2/c1-10-2-5-14(16-9-10)17-7-6-11-8-12(15(18)19)3-4-13(11)17/h2-9H,1H3,(H,18,19). The summed E-state index contributed by atoms with van der Waals surface area (Å²) in [4.78, 5) is 15.3. The van der Waals surface area contributed by atoms with Crippen molar-refractivity contribution in [3.8, 4) is 5.82 Å². The first-order chi connectivity index (χ1) is 9.15. The van der Waals surface area contributed by atoms with Gasteiger partial charge in [-0.1, -0.05) is 6.07 Å². The predicted molar refractivity (Wildman–Crippen MR) is 72.8 cm³/mol. The lowest BCUT2D eigenvalue weighted by Gasteiger charge is -2.05. The van der Waals surface area contributed by atoms with Gasteiger partial charge < -0.3 is 9.67 Å². The topological polar surface area (TPSA) is 55.1 Å². The van der Waals surface area contributed by atoms with Crippen molar-refractivity contribution in [1.82, 2.24) is 9.55 Å². The summed E-state index contributed by atoms with van der Waals surface area (Å²) in [6.45, 7) is 1.99. The summed E-state index contributed by atoms with van der Waals surface area (Å²) < 4.78 is 1.94. The van der Waals surface area contributed by atoms with Crippen LogP contribution in [-0.2, 0) is 0 Å². The third-order valence-electron chi connectivity index (χ3n) is 3.08. The lowest BCUT2D eigenvalue weighted by Crippen LogP contribution is -1.97. The first-order valence-corrected chi connectivity index (χ1v) is 5.92. The zero-order chi connectivity index (χ0) is 13.4. The second-order valence-electron chi connectivity index (χ2n) is 4.46. The number of hydrogen-bond acceptors (Lipinski definition) is 2. The minimum atomic E-state index is -0.914. The van der Waals surface area contributed by atoms with Crippen molar-refractivity contribution < 1.29 is 9.90 Å². The van der Waals surface area contributed by atoms with Gasteiger partial charge in [0.1, 0.15) is 5.82 Å². The Morgan fingerprint density at radius 1 is 1.21 bits per heavy atom. The SMILES string of the molecule is Cc1ccc(-n2ccc3cc(C(=O)O)ccc32)nc1. The molecule has 0 fully saturated rings. The van der Waals surface area contributed by atoms with Crippen LogP contribution in [0, 0.1) is 6.92 Å². The molecule has 1 aromatic carbocycles. The predicted octanol–water partition coefficient (Wildman–Crippen LogP) is 3.03. The number of aryl methyl sites for hydroxylation is 1. The van der Waals surface area contributed by atoms with Gasteiger partial charge in [0.05, 0.1) is 11.1 Å². The normalized spacial score (nSPS) is 10.8. The Labute approximate surface area is 109 Å². The van der Waals surface area contributed by atoms with Crippen LogP contribution < -0.4 is 0 Å². The van der Waals surface area contributed by atoms with Crippen molar-refractivity contribution in [1.29, 1.82) is 0 Å². The fraction of sp³-hybridized carbons (Fsp3) is 0.0667. The summed E-state index contributed by atoms with van der Waals surface area (Å²) in [5.41, 5.74) is 2.34. The highest BCUT2D eigenvalue weighted by molar-refractivity contribution is 5.94. The Morgan fingerprint density at radius 3 is 2.74 bits per heavy atom. The van der Waals surface area contributed by atoms with E-state index in [0.717, 1.165) is 22.3 Å². The van der Waals surface area contributed by atoms with Gasteiger partial charge in [-0.3, -0.25) is 0 Å². The number of benzene rings is 1. The molecule has 1 N–H and O–H groups in total. The Morgan fingerprint density at radius 2 is 2.05 bits per heavy atom. The monoisotopic (exact) mass is 252 g/mol. The number of carbonyl (C=O) groups is 1. The summed E-state index contributed by atoms with van der Waals surface area (Å²) in [7, 11) is 0. The molecule has 0 saturated carbocycles. The van der Waals surface area contributed by atoms with E-state index in [1.807, 2.05) is 42.1 Å². The first kappa shape index (κ1) is 11.5. The van der Waals surface area contributed by atoms with Gasteiger partial charge in [0.15, 0.2) is 0 Å². The van der Waals surface area contributed by atoms with Crippen LogP contribution in [0.15, 0.2) is 48.8 Å². The zero-order valence-corrected chi connectivity index (χ0v) is 10.4. The molecular weight excluding hydrogens is 240 g/mol. The van der Waals surface area contributed by atoms with Crippen molar-refractivity contribution >= 4 is 16.9 Å². The van der Waals surface area contributed by atoms with E-state index in [-0.39, 0.29) is 0 Å². The van der Waals surface area contributed by atoms with E-state index in [9.17, 15) is 4.79 Å². The maximum Gasteiger partial charge on any atom is 0.335 e. The molecule has 94 valence electrons. The van der Waals surface area contributed by atoms with Crippen molar-refractivity contribution in [2.75, 3.05) is 0 Å². The zero-order valence-electron chi connectivity index (χ0n) is 10.4. The number of fused-ring (bicyclic) bond motifs is 1. The molecule has 0 aliphatic heterocycles. The van der Waals surface area contributed by atoms with Crippen LogP contribution in [0.5, 0.6) is 0 Å². The summed E-state index contributed by atoms with van der Waals surface area (Å²) in [5, 5.41) is 9.87. The summed E-state index contributed by atoms with van der Waals surface area (Å²) in [5.74, 6) is -0.0909. The third-order valence-corrected chi connectivity index (χ3v) is 3.08. The smallest absolute Gasteiger partial charge is 0.335 e. The number of carboxylic acids is 1. The summed E-state index contributed by atoms with van der Waals surface area (Å²) >= 11 is 0. The van der Waals surface area contributed by atoms with Gasteiger partial charge in [-0.25, -0.2) is 9.78 Å². The molecule has 0 atom stereocenters. The van der Waals surface area contributed by atoms with E-state index in [1.54, 1.807) is 18.2 Å². The fourth-order valence-corrected chi connectivity index (χ4v) is 2.08. The van der Waals surface area contributed by atoms with Crippen molar-refractivity contribution in [3.63, 3.8) is 0 Å². The van der Waals surface area contributed by atoms with Crippen LogP contribution >= 0.6 is 0 Å². The fourth-order valence-electron chi connectivity index (χ4n) is 2.08. The maximum absolute atomic E-state index is 10.9. The minimum Gasteiger partial charge on any atom is -0.478 e. The molecule has 0 unspecified atom stereocenters. The molecule has 19 heavy (non-hydrogen) atoms. The maximum atomic E-state index is 10.9. The Balaban J connectivity index is 2.15. The number of nitrogens with zero attached hydrogens (tertiary/aromatic N) is 2. The average Bonchev–Trinajstić information content (AvgIpc) is 2.82. The highest BCUT2D eigenvalue weighted by Gasteiger charge is 2.08. The minimum absolute atomic E-state index is 0.294. The van der Waals surface area contributed by atoms with E-state index in [1.165, 1.54) is 0 Å². The Bertz CT molecular complexity index is 757. The van der Waals surface area contributed by atoms with E-state index >= 15 is 0 Å². The lowest BCUT2D eigenvalue weighted by molar-refractivity contribution is 0.0697. The molecule has 0 radical (unpaired) electrons. The number of aromatic nitrogens is 2. The number of carboxylic acid groups (broad SMARTS) is 1. The van der Waals surface area contributed by atoms with Crippen LogP contribution in [0.3, 0.4) is 0 Å². The van der Waals surface area contributed by atoms with Crippen molar-refractivity contribution in [2.45, 2.75) is 6.92 Å². The van der Waals surface area contributed by atoms with Gasteiger partial charge >= 0.3 is 5.97 Å². The molecule has 0 saturated heterocycles. The largest absolute Gasteiger partial charge is 0.478 e. The van der Waals surface area contributed by atoms with E-state index in [2.05, 4.69) is 4.98 Å². The number of rotatable bonds is 2. The van der Waals surface area contributed by atoms with Crippen LogP contribution in [0.2, 0.25) is 0 Å². The molecule has 2 heterocycles. The molecule has 2 aromatic heterocycles. The van der Waals surface area contributed by atoms with Gasteiger partial charge in [-0.15, -0.1) is 0 Å². The van der Waals surface area contributed by atoms with Gasteiger partial charge in [0.2, 0.25) is 0 Å².